The summed E-state index contributed by atoms with van der Waals surface area (Å²) in [7, 11) is 0. The third-order valence-corrected chi connectivity index (χ3v) is 5.01. The van der Waals surface area contributed by atoms with Crippen LogP contribution in [-0.2, 0) is 0 Å². The van der Waals surface area contributed by atoms with Gasteiger partial charge in [0, 0.05) is 6.04 Å². The predicted molar refractivity (Wildman–Crippen MR) is 79.2 cm³/mol. The molecule has 20 heavy (non-hydrogen) atoms. The molecular formula is C15H22N4O. The molecule has 2 saturated carbocycles. The van der Waals surface area contributed by atoms with Crippen LogP contribution in [0.15, 0.2) is 12.3 Å². The number of fused-ring (bicyclic) bond motifs is 2. The fraction of sp³-hybridized carbons (Fsp3) is 0.600. The summed E-state index contributed by atoms with van der Waals surface area (Å²) in [5, 5.41) is 3.42. The molecule has 2 fully saturated rings. The lowest BCUT2D eigenvalue weighted by molar-refractivity contribution is 0.100. The number of carbonyl (C=O) groups is 1. The Morgan fingerprint density at radius 2 is 2.25 bits per heavy atom. The molecular weight excluding hydrogens is 252 g/mol. The summed E-state index contributed by atoms with van der Waals surface area (Å²) >= 11 is 0. The Morgan fingerprint density at radius 3 is 2.85 bits per heavy atom. The SMILES string of the molecule is CC(Nc1cc(C(N)=O)c(N)cn1)C1CC2CCC1C2. The highest BCUT2D eigenvalue weighted by Gasteiger charge is 2.41. The summed E-state index contributed by atoms with van der Waals surface area (Å²) in [6, 6.07) is 2.02. The van der Waals surface area contributed by atoms with Gasteiger partial charge in [-0.25, -0.2) is 4.98 Å². The molecule has 2 bridgehead atoms. The highest BCUT2D eigenvalue weighted by Crippen LogP contribution is 2.49. The first kappa shape index (κ1) is 13.2. The number of hydrogen-bond acceptors (Lipinski definition) is 4. The second-order valence-electron chi connectivity index (χ2n) is 6.29. The maximum atomic E-state index is 11.3. The molecule has 108 valence electrons. The van der Waals surface area contributed by atoms with E-state index >= 15 is 0 Å². The van der Waals surface area contributed by atoms with E-state index in [1.54, 1.807) is 6.07 Å². The van der Waals surface area contributed by atoms with Gasteiger partial charge in [0.15, 0.2) is 0 Å². The van der Waals surface area contributed by atoms with Crippen molar-refractivity contribution in [3.8, 4) is 0 Å². The Labute approximate surface area is 119 Å². The van der Waals surface area contributed by atoms with Crippen LogP contribution >= 0.6 is 0 Å². The van der Waals surface area contributed by atoms with E-state index in [0.29, 0.717) is 29.0 Å². The number of primary amides is 1. The molecule has 0 radical (unpaired) electrons. The normalized spacial score (nSPS) is 29.4. The van der Waals surface area contributed by atoms with Crippen LogP contribution in [-0.4, -0.2) is 16.9 Å². The number of nitrogens with one attached hydrogen (secondary N) is 1. The fourth-order valence-electron chi connectivity index (χ4n) is 4.00. The third kappa shape index (κ3) is 2.32. The van der Waals surface area contributed by atoms with Gasteiger partial charge in [-0.1, -0.05) is 6.42 Å². The van der Waals surface area contributed by atoms with Gasteiger partial charge in [0.05, 0.1) is 17.4 Å². The molecule has 0 aromatic carbocycles. The largest absolute Gasteiger partial charge is 0.397 e. The van der Waals surface area contributed by atoms with Crippen molar-refractivity contribution in [3.05, 3.63) is 17.8 Å². The quantitative estimate of drug-likeness (QED) is 0.782. The molecule has 1 amide bonds. The van der Waals surface area contributed by atoms with Crippen molar-refractivity contribution >= 4 is 17.4 Å². The number of nitrogens with zero attached hydrogens (tertiary/aromatic N) is 1. The molecule has 5 N–H and O–H groups in total. The fourth-order valence-corrected chi connectivity index (χ4v) is 4.00. The van der Waals surface area contributed by atoms with Crippen LogP contribution in [0.5, 0.6) is 0 Å². The summed E-state index contributed by atoms with van der Waals surface area (Å²) in [5.74, 6) is 2.66. The van der Waals surface area contributed by atoms with E-state index < -0.39 is 5.91 Å². The molecule has 1 aromatic heterocycles. The number of nitrogen functional groups attached to an aromatic ring is 1. The van der Waals surface area contributed by atoms with E-state index in [-0.39, 0.29) is 0 Å². The highest BCUT2D eigenvalue weighted by atomic mass is 16.1. The van der Waals surface area contributed by atoms with Crippen molar-refractivity contribution < 1.29 is 4.79 Å². The first-order valence-electron chi connectivity index (χ1n) is 7.36. The number of anilines is 2. The third-order valence-electron chi connectivity index (χ3n) is 5.01. The van der Waals surface area contributed by atoms with Crippen LogP contribution in [0.2, 0.25) is 0 Å². The summed E-state index contributed by atoms with van der Waals surface area (Å²) in [4.78, 5) is 15.6. The predicted octanol–water partition coefficient (Wildman–Crippen LogP) is 2.00. The Hall–Kier alpha value is -1.78. The average Bonchev–Trinajstić information content (AvgIpc) is 3.03. The van der Waals surface area contributed by atoms with Crippen molar-refractivity contribution in [3.63, 3.8) is 0 Å². The Kier molecular flexibility index (Phi) is 3.28. The Balaban J connectivity index is 1.71. The second-order valence-corrected chi connectivity index (χ2v) is 6.29. The standard InChI is InChI=1S/C15H22N4O/c1-8(11-5-9-2-3-10(11)4-9)19-14-6-12(15(17)20)13(16)7-18-14/h6-11H,2-5,16H2,1H3,(H2,17,20)(H,18,19). The van der Waals surface area contributed by atoms with E-state index in [0.717, 1.165) is 11.8 Å². The summed E-state index contributed by atoms with van der Waals surface area (Å²) in [6.45, 7) is 2.20. The molecule has 2 aliphatic rings. The maximum Gasteiger partial charge on any atom is 0.250 e. The van der Waals surface area contributed by atoms with Crippen molar-refractivity contribution in [2.45, 2.75) is 38.6 Å². The monoisotopic (exact) mass is 274 g/mol. The molecule has 1 aromatic rings. The van der Waals surface area contributed by atoms with E-state index in [4.69, 9.17) is 11.5 Å². The molecule has 0 spiro atoms. The molecule has 5 nitrogen and oxygen atoms in total. The number of amides is 1. The maximum absolute atomic E-state index is 11.3. The number of carbonyl (C=O) groups excluding carboxylic acids is 1. The van der Waals surface area contributed by atoms with E-state index in [1.165, 1.54) is 31.9 Å². The Bertz CT molecular complexity index is 531. The minimum absolute atomic E-state index is 0.329. The first-order chi connectivity index (χ1) is 9.54. The molecule has 4 atom stereocenters. The van der Waals surface area contributed by atoms with Crippen molar-refractivity contribution in [1.29, 1.82) is 0 Å². The zero-order chi connectivity index (χ0) is 14.3. The topological polar surface area (TPSA) is 94.0 Å². The van der Waals surface area contributed by atoms with Gasteiger partial charge >= 0.3 is 0 Å². The molecule has 4 unspecified atom stereocenters. The van der Waals surface area contributed by atoms with E-state index in [1.807, 2.05) is 0 Å². The van der Waals surface area contributed by atoms with Crippen LogP contribution < -0.4 is 16.8 Å². The lowest BCUT2D eigenvalue weighted by Gasteiger charge is -2.29. The number of hydrogen-bond donors (Lipinski definition) is 3. The highest BCUT2D eigenvalue weighted by molar-refractivity contribution is 5.98. The molecule has 0 aliphatic heterocycles. The van der Waals surface area contributed by atoms with Gasteiger partial charge in [-0.3, -0.25) is 4.79 Å². The Morgan fingerprint density at radius 1 is 1.45 bits per heavy atom. The first-order valence-corrected chi connectivity index (χ1v) is 7.36. The number of nitrogens with two attached hydrogens (primary N) is 2. The molecule has 0 saturated heterocycles. The number of aromatic nitrogens is 1. The zero-order valence-electron chi connectivity index (χ0n) is 11.8. The lowest BCUT2D eigenvalue weighted by atomic mass is 9.84. The van der Waals surface area contributed by atoms with Gasteiger partial charge in [-0.2, -0.15) is 0 Å². The molecule has 3 rings (SSSR count). The van der Waals surface area contributed by atoms with Gasteiger partial charge in [-0.05, 0) is 50.0 Å². The summed E-state index contributed by atoms with van der Waals surface area (Å²) in [6.07, 6.45) is 6.97. The second kappa shape index (κ2) is 4.96. The van der Waals surface area contributed by atoms with Crippen molar-refractivity contribution in [2.24, 2.45) is 23.5 Å². The summed E-state index contributed by atoms with van der Waals surface area (Å²) < 4.78 is 0. The number of pyridine rings is 1. The van der Waals surface area contributed by atoms with Gasteiger partial charge in [0.2, 0.25) is 0 Å². The minimum Gasteiger partial charge on any atom is -0.397 e. The van der Waals surface area contributed by atoms with E-state index in [2.05, 4.69) is 17.2 Å². The molecule has 5 heteroatoms. The van der Waals surface area contributed by atoms with Gasteiger partial charge in [0.1, 0.15) is 5.82 Å². The zero-order valence-corrected chi connectivity index (χ0v) is 11.8. The van der Waals surface area contributed by atoms with Crippen LogP contribution in [0, 0.1) is 17.8 Å². The smallest absolute Gasteiger partial charge is 0.250 e. The van der Waals surface area contributed by atoms with Crippen LogP contribution in [0.25, 0.3) is 0 Å². The van der Waals surface area contributed by atoms with Gasteiger partial charge < -0.3 is 16.8 Å². The van der Waals surface area contributed by atoms with Crippen LogP contribution in [0.1, 0.15) is 43.0 Å². The van der Waals surface area contributed by atoms with Crippen molar-refractivity contribution in [1.82, 2.24) is 4.98 Å². The molecule has 1 heterocycles. The summed E-state index contributed by atoms with van der Waals surface area (Å²) in [5.41, 5.74) is 11.7. The van der Waals surface area contributed by atoms with Crippen molar-refractivity contribution in [2.75, 3.05) is 11.1 Å². The van der Waals surface area contributed by atoms with Crippen LogP contribution in [0.4, 0.5) is 11.5 Å². The molecule has 2 aliphatic carbocycles. The average molecular weight is 274 g/mol. The van der Waals surface area contributed by atoms with Gasteiger partial charge in [-0.15, -0.1) is 0 Å². The van der Waals surface area contributed by atoms with Crippen LogP contribution in [0.3, 0.4) is 0 Å². The lowest BCUT2D eigenvalue weighted by Crippen LogP contribution is -2.30. The van der Waals surface area contributed by atoms with E-state index in [9.17, 15) is 4.79 Å². The van der Waals surface area contributed by atoms with Gasteiger partial charge in [0.25, 0.3) is 5.91 Å². The minimum atomic E-state index is -0.513. The number of rotatable bonds is 4.